The molecule has 2 unspecified atom stereocenters. The van der Waals surface area contributed by atoms with E-state index < -0.39 is 18.0 Å². The van der Waals surface area contributed by atoms with Gasteiger partial charge < -0.3 is 15.3 Å². The van der Waals surface area contributed by atoms with E-state index in [-0.39, 0.29) is 0 Å². The number of hydrogen-bond donors (Lipinski definition) is 3. The molecule has 1 saturated heterocycles. The fraction of sp³-hybridized carbons (Fsp3) is 0.353. The van der Waals surface area contributed by atoms with Gasteiger partial charge in [-0.3, -0.25) is 9.88 Å². The largest absolute Gasteiger partial charge is 0.478 e. The third-order valence-corrected chi connectivity index (χ3v) is 3.53. The number of aliphatic hydroxyl groups is 1. The van der Waals surface area contributed by atoms with E-state index in [0.29, 0.717) is 23.8 Å². The van der Waals surface area contributed by atoms with Crippen LogP contribution >= 0.6 is 0 Å². The molecule has 7 nitrogen and oxygen atoms in total. The summed E-state index contributed by atoms with van der Waals surface area (Å²) in [6.07, 6.45) is 11.3. The summed E-state index contributed by atoms with van der Waals surface area (Å²) < 4.78 is 0. The molecule has 1 fully saturated rings. The van der Waals surface area contributed by atoms with Gasteiger partial charge in [0.25, 0.3) is 0 Å². The number of hydrogen-bond acceptors (Lipinski definition) is 5. The van der Waals surface area contributed by atoms with Crippen LogP contribution in [0.15, 0.2) is 30.6 Å². The molecular weight excluding hydrogens is 312 g/mol. The van der Waals surface area contributed by atoms with Gasteiger partial charge in [-0.05, 0) is 38.1 Å². The van der Waals surface area contributed by atoms with E-state index in [2.05, 4.69) is 22.9 Å². The van der Waals surface area contributed by atoms with E-state index in [1.165, 1.54) is 6.42 Å². The Balaban J connectivity index is 0.000000307. The fourth-order valence-electron chi connectivity index (χ4n) is 2.38. The highest BCUT2D eigenvalue weighted by Crippen LogP contribution is 2.30. The van der Waals surface area contributed by atoms with E-state index in [1.54, 1.807) is 6.20 Å². The zero-order chi connectivity index (χ0) is 18.1. The first-order valence-electron chi connectivity index (χ1n) is 7.28. The molecule has 128 valence electrons. The molecule has 0 radical (unpaired) electrons. The Morgan fingerprint density at radius 3 is 2.46 bits per heavy atom. The lowest BCUT2D eigenvalue weighted by atomic mass is 10.0. The molecule has 3 N–H and O–H groups in total. The molecule has 0 amide bonds. The van der Waals surface area contributed by atoms with Gasteiger partial charge in [-0.2, -0.15) is 0 Å². The Hall–Kier alpha value is -2.69. The van der Waals surface area contributed by atoms with Crippen LogP contribution in [0, 0.1) is 12.3 Å². The standard InChI is InChI=1S/C13H16N2O.C4H4O4/c1-3-13(16)11-7-10(8-14-9-11)12-5-4-6-15(12)2;5-3(6)1-2-4(7)8/h1,7-9,12-13,16H,4-6H2,2H3;1-2H,(H,5,6)(H,7,8). The normalized spacial score (nSPS) is 18.5. The lowest BCUT2D eigenvalue weighted by Crippen LogP contribution is -2.17. The van der Waals surface area contributed by atoms with Crippen LogP contribution in [0.5, 0.6) is 0 Å². The van der Waals surface area contributed by atoms with Crippen molar-refractivity contribution >= 4 is 11.9 Å². The van der Waals surface area contributed by atoms with Crippen molar-refractivity contribution in [2.45, 2.75) is 25.0 Å². The lowest BCUT2D eigenvalue weighted by Gasteiger charge is -2.20. The van der Waals surface area contributed by atoms with Crippen molar-refractivity contribution in [2.24, 2.45) is 0 Å². The van der Waals surface area contributed by atoms with Crippen LogP contribution in [0.25, 0.3) is 0 Å². The van der Waals surface area contributed by atoms with Gasteiger partial charge in [0.1, 0.15) is 6.10 Å². The maximum absolute atomic E-state index is 9.57. The number of carbonyl (C=O) groups is 2. The van der Waals surface area contributed by atoms with Crippen molar-refractivity contribution in [3.8, 4) is 12.3 Å². The number of aliphatic carboxylic acids is 2. The minimum Gasteiger partial charge on any atom is -0.478 e. The predicted octanol–water partition coefficient (Wildman–Crippen LogP) is 1.23. The maximum atomic E-state index is 9.57. The quantitative estimate of drug-likeness (QED) is 0.561. The van der Waals surface area contributed by atoms with Crippen molar-refractivity contribution in [3.05, 3.63) is 41.7 Å². The molecule has 0 spiro atoms. The molecule has 2 atom stereocenters. The zero-order valence-corrected chi connectivity index (χ0v) is 13.3. The molecule has 1 aromatic rings. The third kappa shape index (κ3) is 6.20. The second kappa shape index (κ2) is 9.45. The summed E-state index contributed by atoms with van der Waals surface area (Å²) in [4.78, 5) is 25.6. The van der Waals surface area contributed by atoms with Crippen LogP contribution in [0.4, 0.5) is 0 Å². The van der Waals surface area contributed by atoms with Gasteiger partial charge in [-0.25, -0.2) is 9.59 Å². The smallest absolute Gasteiger partial charge is 0.328 e. The Bertz CT molecular complexity index is 635. The second-order valence-corrected chi connectivity index (χ2v) is 5.27. The molecule has 2 heterocycles. The number of pyridine rings is 1. The molecule has 1 aliphatic heterocycles. The average Bonchev–Trinajstić information content (AvgIpc) is 2.99. The van der Waals surface area contributed by atoms with E-state index in [0.717, 1.165) is 18.5 Å². The first kappa shape index (κ1) is 19.4. The van der Waals surface area contributed by atoms with Gasteiger partial charge in [-0.1, -0.05) is 5.92 Å². The molecule has 0 aliphatic carbocycles. The minimum absolute atomic E-state index is 0.414. The molecular formula is C17H20N2O5. The number of carboxylic acids is 2. The molecule has 0 aromatic carbocycles. The van der Waals surface area contributed by atoms with Crippen LogP contribution < -0.4 is 0 Å². The highest BCUT2D eigenvalue weighted by atomic mass is 16.4. The molecule has 0 bridgehead atoms. The van der Waals surface area contributed by atoms with E-state index in [4.69, 9.17) is 16.6 Å². The summed E-state index contributed by atoms with van der Waals surface area (Å²) in [7, 11) is 2.11. The topological polar surface area (TPSA) is 111 Å². The first-order chi connectivity index (χ1) is 11.3. The summed E-state index contributed by atoms with van der Waals surface area (Å²) in [6.45, 7) is 1.12. The molecule has 1 aliphatic rings. The summed E-state index contributed by atoms with van der Waals surface area (Å²) in [5.74, 6) is -0.202. The van der Waals surface area contributed by atoms with Crippen molar-refractivity contribution in [1.29, 1.82) is 0 Å². The van der Waals surface area contributed by atoms with Crippen LogP contribution in [0.3, 0.4) is 0 Å². The summed E-state index contributed by atoms with van der Waals surface area (Å²) in [5, 5.41) is 25.2. The minimum atomic E-state index is -1.26. The monoisotopic (exact) mass is 332 g/mol. The van der Waals surface area contributed by atoms with E-state index in [9.17, 15) is 14.7 Å². The van der Waals surface area contributed by atoms with E-state index in [1.807, 2.05) is 12.3 Å². The van der Waals surface area contributed by atoms with Crippen molar-refractivity contribution in [3.63, 3.8) is 0 Å². The second-order valence-electron chi connectivity index (χ2n) is 5.27. The van der Waals surface area contributed by atoms with Crippen molar-refractivity contribution in [2.75, 3.05) is 13.6 Å². The van der Waals surface area contributed by atoms with Gasteiger partial charge >= 0.3 is 11.9 Å². The Kier molecular flexibility index (Phi) is 7.62. The average molecular weight is 332 g/mol. The number of aliphatic hydroxyl groups excluding tert-OH is 1. The highest BCUT2D eigenvalue weighted by Gasteiger charge is 2.23. The number of likely N-dealkylation sites (tertiary alicyclic amines) is 1. The Labute approximate surface area is 140 Å². The number of nitrogens with zero attached hydrogens (tertiary/aromatic N) is 2. The number of aromatic nitrogens is 1. The molecule has 1 aromatic heterocycles. The number of rotatable bonds is 4. The Morgan fingerprint density at radius 1 is 1.38 bits per heavy atom. The predicted molar refractivity (Wildman–Crippen MR) is 87.0 cm³/mol. The number of carboxylic acid groups (broad SMARTS) is 2. The summed E-state index contributed by atoms with van der Waals surface area (Å²) in [5.41, 5.74) is 1.85. The zero-order valence-electron chi connectivity index (χ0n) is 13.3. The van der Waals surface area contributed by atoms with Crippen molar-refractivity contribution in [1.82, 2.24) is 9.88 Å². The van der Waals surface area contributed by atoms with Crippen molar-refractivity contribution < 1.29 is 24.9 Å². The SMILES string of the molecule is C#CC(O)c1cncc(C2CCCN2C)c1.O=C(O)C=CC(=O)O. The summed E-state index contributed by atoms with van der Waals surface area (Å²) in [6, 6.07) is 2.38. The van der Waals surface area contributed by atoms with Gasteiger partial charge in [-0.15, -0.1) is 6.42 Å². The van der Waals surface area contributed by atoms with Gasteiger partial charge in [0, 0.05) is 36.2 Å². The van der Waals surface area contributed by atoms with Gasteiger partial charge in [0.15, 0.2) is 0 Å². The van der Waals surface area contributed by atoms with Crippen LogP contribution in [-0.2, 0) is 9.59 Å². The summed E-state index contributed by atoms with van der Waals surface area (Å²) >= 11 is 0. The van der Waals surface area contributed by atoms with Crippen LogP contribution in [-0.4, -0.2) is 50.7 Å². The number of terminal acetylenes is 1. The maximum Gasteiger partial charge on any atom is 0.328 e. The lowest BCUT2D eigenvalue weighted by molar-refractivity contribution is -0.134. The Morgan fingerprint density at radius 2 is 2.00 bits per heavy atom. The fourth-order valence-corrected chi connectivity index (χ4v) is 2.38. The molecule has 0 saturated carbocycles. The molecule has 24 heavy (non-hydrogen) atoms. The molecule has 2 rings (SSSR count). The highest BCUT2D eigenvalue weighted by molar-refractivity contribution is 5.89. The van der Waals surface area contributed by atoms with Crippen LogP contribution in [0.2, 0.25) is 0 Å². The van der Waals surface area contributed by atoms with Gasteiger partial charge in [0.05, 0.1) is 0 Å². The molecule has 7 heteroatoms. The first-order valence-corrected chi connectivity index (χ1v) is 7.28. The van der Waals surface area contributed by atoms with Crippen LogP contribution in [0.1, 0.15) is 36.1 Å². The van der Waals surface area contributed by atoms with E-state index >= 15 is 0 Å². The van der Waals surface area contributed by atoms with Gasteiger partial charge in [0.2, 0.25) is 0 Å². The third-order valence-electron chi connectivity index (χ3n) is 3.53.